The Balaban J connectivity index is 2.36. The second-order valence-corrected chi connectivity index (χ2v) is 7.80. The van der Waals surface area contributed by atoms with Gasteiger partial charge in [-0.15, -0.1) is 0 Å². The quantitative estimate of drug-likeness (QED) is 0.753. The number of carbonyl (C=O) groups is 1. The first-order valence-corrected chi connectivity index (χ1v) is 10.0. The van der Waals surface area contributed by atoms with Crippen LogP contribution in [0.2, 0.25) is 0 Å². The van der Waals surface area contributed by atoms with E-state index in [4.69, 9.17) is 15.2 Å². The van der Waals surface area contributed by atoms with E-state index in [0.717, 1.165) is 12.8 Å². The van der Waals surface area contributed by atoms with Gasteiger partial charge in [0.05, 0.1) is 18.1 Å². The predicted molar refractivity (Wildman–Crippen MR) is 94.1 cm³/mol. The molecule has 1 atom stereocenters. The van der Waals surface area contributed by atoms with Crippen LogP contribution >= 0.6 is 0 Å². The van der Waals surface area contributed by atoms with Crippen molar-refractivity contribution >= 4 is 15.9 Å². The van der Waals surface area contributed by atoms with Gasteiger partial charge in [0.15, 0.2) is 11.5 Å². The van der Waals surface area contributed by atoms with Gasteiger partial charge in [-0.25, -0.2) is 8.42 Å². The van der Waals surface area contributed by atoms with Gasteiger partial charge in [-0.05, 0) is 38.8 Å². The highest BCUT2D eigenvalue weighted by atomic mass is 32.2. The maximum absolute atomic E-state index is 13.1. The van der Waals surface area contributed by atoms with Crippen LogP contribution in [-0.2, 0) is 14.8 Å². The molecule has 1 fully saturated rings. The van der Waals surface area contributed by atoms with Crippen molar-refractivity contribution < 1.29 is 22.7 Å². The number of nitrogens with zero attached hydrogens (tertiary/aromatic N) is 1. The third-order valence-corrected chi connectivity index (χ3v) is 6.08. The molecule has 0 aliphatic carbocycles. The molecular weight excluding hydrogens is 344 g/mol. The molecule has 1 heterocycles. The van der Waals surface area contributed by atoms with Gasteiger partial charge in [-0.3, -0.25) is 4.79 Å². The fraction of sp³-hybridized carbons (Fsp3) is 0.588. The fourth-order valence-corrected chi connectivity index (χ4v) is 4.76. The molecule has 2 N–H and O–H groups in total. The number of sulfonamides is 1. The molecule has 0 bridgehead atoms. The molecule has 0 unspecified atom stereocenters. The monoisotopic (exact) mass is 370 g/mol. The third-order valence-electron chi connectivity index (χ3n) is 4.13. The lowest BCUT2D eigenvalue weighted by Crippen LogP contribution is -2.45. The van der Waals surface area contributed by atoms with Crippen molar-refractivity contribution in [2.45, 2.75) is 50.5 Å². The zero-order valence-corrected chi connectivity index (χ0v) is 15.5. The number of ether oxygens (including phenoxy) is 2. The molecule has 8 heteroatoms. The summed E-state index contributed by atoms with van der Waals surface area (Å²) in [7, 11) is -3.74. The number of benzene rings is 1. The van der Waals surface area contributed by atoms with Gasteiger partial charge in [0.1, 0.15) is 0 Å². The van der Waals surface area contributed by atoms with E-state index in [2.05, 4.69) is 0 Å². The molecule has 1 saturated heterocycles. The SMILES string of the molecule is CCOc1ccc(S(=O)(=O)N2CCCC[C@@H]2CC(N)=O)cc1OCC. The van der Waals surface area contributed by atoms with E-state index >= 15 is 0 Å². The molecule has 7 nitrogen and oxygen atoms in total. The van der Waals surface area contributed by atoms with Crippen LogP contribution in [0.1, 0.15) is 39.5 Å². The van der Waals surface area contributed by atoms with Gasteiger partial charge in [-0.2, -0.15) is 4.31 Å². The molecule has 0 aromatic heterocycles. The Morgan fingerprint density at radius 2 is 1.88 bits per heavy atom. The average Bonchev–Trinajstić information content (AvgIpc) is 2.56. The van der Waals surface area contributed by atoms with Gasteiger partial charge >= 0.3 is 0 Å². The maximum Gasteiger partial charge on any atom is 0.243 e. The predicted octanol–water partition coefficient (Wildman–Crippen LogP) is 1.90. The standard InChI is InChI=1S/C17H26N2O5S/c1-3-23-15-9-8-14(12-16(15)24-4-2)25(21,22)19-10-6-5-7-13(19)11-17(18)20/h8-9,12-13H,3-7,10-11H2,1-2H3,(H2,18,20)/t13-/m1/s1. The lowest BCUT2D eigenvalue weighted by Gasteiger charge is -2.34. The van der Waals surface area contributed by atoms with E-state index in [0.29, 0.717) is 37.7 Å². The number of piperidine rings is 1. The van der Waals surface area contributed by atoms with Gasteiger partial charge in [0, 0.05) is 25.1 Å². The Hall–Kier alpha value is -1.80. The van der Waals surface area contributed by atoms with Gasteiger partial charge < -0.3 is 15.2 Å². The van der Waals surface area contributed by atoms with Crippen LogP contribution < -0.4 is 15.2 Å². The van der Waals surface area contributed by atoms with Crippen molar-refractivity contribution in [3.63, 3.8) is 0 Å². The van der Waals surface area contributed by atoms with Crippen molar-refractivity contribution in [1.29, 1.82) is 0 Å². The zero-order chi connectivity index (χ0) is 18.4. The summed E-state index contributed by atoms with van der Waals surface area (Å²) in [6.45, 7) is 4.92. The lowest BCUT2D eigenvalue weighted by atomic mass is 10.0. The van der Waals surface area contributed by atoms with Crippen LogP contribution in [0.25, 0.3) is 0 Å². The van der Waals surface area contributed by atoms with Crippen LogP contribution in [0.3, 0.4) is 0 Å². The lowest BCUT2D eigenvalue weighted by molar-refractivity contribution is -0.119. The Kier molecular flexibility index (Phi) is 6.66. The Bertz CT molecular complexity index is 705. The molecule has 1 aromatic rings. The van der Waals surface area contributed by atoms with Gasteiger partial charge in [0.2, 0.25) is 15.9 Å². The first-order valence-electron chi connectivity index (χ1n) is 8.60. The smallest absolute Gasteiger partial charge is 0.243 e. The molecule has 0 spiro atoms. The topological polar surface area (TPSA) is 98.9 Å². The van der Waals surface area contributed by atoms with E-state index in [1.165, 1.54) is 16.4 Å². The highest BCUT2D eigenvalue weighted by molar-refractivity contribution is 7.89. The number of carbonyl (C=O) groups excluding carboxylic acids is 1. The molecule has 2 rings (SSSR count). The second-order valence-electron chi connectivity index (χ2n) is 5.91. The van der Waals surface area contributed by atoms with Crippen molar-refractivity contribution in [3.05, 3.63) is 18.2 Å². The molecular formula is C17H26N2O5S. The second kappa shape index (κ2) is 8.53. The normalized spacial score (nSPS) is 18.7. The van der Waals surface area contributed by atoms with Crippen LogP contribution in [0.5, 0.6) is 11.5 Å². The van der Waals surface area contributed by atoms with E-state index in [-0.39, 0.29) is 11.3 Å². The third kappa shape index (κ3) is 4.64. The molecule has 0 saturated carbocycles. The number of nitrogens with two attached hydrogens (primary N) is 1. The molecule has 1 aromatic carbocycles. The maximum atomic E-state index is 13.1. The Labute approximate surface area is 149 Å². The summed E-state index contributed by atoms with van der Waals surface area (Å²) in [5, 5.41) is 0. The van der Waals surface area contributed by atoms with E-state index in [9.17, 15) is 13.2 Å². The average molecular weight is 370 g/mol. The molecule has 140 valence electrons. The number of amides is 1. The molecule has 1 amide bonds. The summed E-state index contributed by atoms with van der Waals surface area (Å²) in [5.74, 6) is 0.415. The minimum absolute atomic E-state index is 0.0363. The van der Waals surface area contributed by atoms with Crippen LogP contribution in [0.15, 0.2) is 23.1 Å². The van der Waals surface area contributed by atoms with Crippen LogP contribution in [0, 0.1) is 0 Å². The Morgan fingerprint density at radius 3 is 2.52 bits per heavy atom. The van der Waals surface area contributed by atoms with Gasteiger partial charge in [-0.1, -0.05) is 6.42 Å². The van der Waals surface area contributed by atoms with Crippen molar-refractivity contribution in [1.82, 2.24) is 4.31 Å². The largest absolute Gasteiger partial charge is 0.490 e. The van der Waals surface area contributed by atoms with E-state index in [1.54, 1.807) is 6.07 Å². The van der Waals surface area contributed by atoms with Gasteiger partial charge in [0.25, 0.3) is 0 Å². The summed E-state index contributed by atoms with van der Waals surface area (Å²) >= 11 is 0. The van der Waals surface area contributed by atoms with E-state index < -0.39 is 22.0 Å². The number of rotatable bonds is 8. The van der Waals surface area contributed by atoms with Crippen molar-refractivity contribution in [2.75, 3.05) is 19.8 Å². The molecule has 1 aliphatic rings. The molecule has 1 aliphatic heterocycles. The zero-order valence-electron chi connectivity index (χ0n) is 14.7. The number of hydrogen-bond acceptors (Lipinski definition) is 5. The highest BCUT2D eigenvalue weighted by Crippen LogP contribution is 2.33. The minimum Gasteiger partial charge on any atom is -0.490 e. The number of hydrogen-bond donors (Lipinski definition) is 1. The molecule has 0 radical (unpaired) electrons. The fourth-order valence-electron chi connectivity index (χ4n) is 3.05. The summed E-state index contributed by atoms with van der Waals surface area (Å²) in [5.41, 5.74) is 5.29. The van der Waals surface area contributed by atoms with Crippen LogP contribution in [-0.4, -0.2) is 44.4 Å². The minimum atomic E-state index is -3.74. The summed E-state index contributed by atoms with van der Waals surface area (Å²) in [6, 6.07) is 4.21. The first-order chi connectivity index (χ1) is 11.9. The van der Waals surface area contributed by atoms with Crippen LogP contribution in [0.4, 0.5) is 0 Å². The Morgan fingerprint density at radius 1 is 1.20 bits per heavy atom. The molecule has 25 heavy (non-hydrogen) atoms. The summed E-state index contributed by atoms with van der Waals surface area (Å²) < 4.78 is 38.6. The highest BCUT2D eigenvalue weighted by Gasteiger charge is 2.34. The van der Waals surface area contributed by atoms with E-state index in [1.807, 2.05) is 13.8 Å². The summed E-state index contributed by atoms with van der Waals surface area (Å²) in [4.78, 5) is 11.4. The van der Waals surface area contributed by atoms with Crippen molar-refractivity contribution in [3.8, 4) is 11.5 Å². The number of primary amides is 1. The summed E-state index contributed by atoms with van der Waals surface area (Å²) in [6.07, 6.45) is 2.33. The first kappa shape index (κ1) is 19.5. The van der Waals surface area contributed by atoms with Crippen molar-refractivity contribution in [2.24, 2.45) is 5.73 Å².